The standard InChI is InChI=1S/C30H37N3O7S/c1-30(2)25(26(35)31-16-20-11-7-4-8-12-20)33(18-41-30)27(36)24(34)22(15-19-9-5-3-6-10-19)32-29(37)40-23-17-39-28-21(23)13-14-38-28/h3-12,21-25,28,34H,13-18H2,1-2H3,(H,31,35)(H,32,37)/t21-,22+,23-,24+,25-,28+/m1/s1. The molecule has 41 heavy (non-hydrogen) atoms. The summed E-state index contributed by atoms with van der Waals surface area (Å²) in [7, 11) is 0. The van der Waals surface area contributed by atoms with Gasteiger partial charge < -0.3 is 34.9 Å². The van der Waals surface area contributed by atoms with Crippen LogP contribution in [0.15, 0.2) is 60.7 Å². The SMILES string of the molecule is CC1(C)SCN(C(=O)[C@@H](O)[C@H](Cc2ccccc2)NC(=O)O[C@@H]2CO[C@@H]3OCC[C@@H]32)[C@@H]1C(=O)NCc1ccccc1. The number of carbonyl (C=O) groups excluding carboxylic acids is 3. The molecular weight excluding hydrogens is 546 g/mol. The van der Waals surface area contributed by atoms with E-state index in [0.717, 1.165) is 17.5 Å². The van der Waals surface area contributed by atoms with Crippen molar-refractivity contribution in [1.82, 2.24) is 15.5 Å². The van der Waals surface area contributed by atoms with E-state index in [1.54, 1.807) is 0 Å². The van der Waals surface area contributed by atoms with Crippen molar-refractivity contribution in [1.29, 1.82) is 0 Å². The van der Waals surface area contributed by atoms with E-state index in [1.165, 1.54) is 16.7 Å². The van der Waals surface area contributed by atoms with Crippen molar-refractivity contribution in [2.75, 3.05) is 19.1 Å². The van der Waals surface area contributed by atoms with Gasteiger partial charge in [-0.2, -0.15) is 0 Å². The van der Waals surface area contributed by atoms with Crippen LogP contribution in [0.3, 0.4) is 0 Å². The number of hydrogen-bond donors (Lipinski definition) is 3. The van der Waals surface area contributed by atoms with Crippen LogP contribution in [0.2, 0.25) is 0 Å². The smallest absolute Gasteiger partial charge is 0.407 e. The van der Waals surface area contributed by atoms with Gasteiger partial charge in [0.05, 0.1) is 31.1 Å². The lowest BCUT2D eigenvalue weighted by Gasteiger charge is -2.33. The van der Waals surface area contributed by atoms with E-state index < -0.39 is 41.0 Å². The number of benzene rings is 2. The molecule has 3 heterocycles. The molecule has 5 rings (SSSR count). The highest BCUT2D eigenvalue weighted by Crippen LogP contribution is 2.40. The summed E-state index contributed by atoms with van der Waals surface area (Å²) in [5.41, 5.74) is 1.77. The second-order valence-corrected chi connectivity index (χ2v) is 12.7. The molecule has 0 bridgehead atoms. The summed E-state index contributed by atoms with van der Waals surface area (Å²) in [5, 5.41) is 17.1. The number of hydrogen-bond acceptors (Lipinski definition) is 8. The Bertz CT molecular complexity index is 1220. The molecule has 0 saturated carbocycles. The molecule has 3 aliphatic heterocycles. The van der Waals surface area contributed by atoms with E-state index in [1.807, 2.05) is 74.5 Å². The monoisotopic (exact) mass is 583 g/mol. The summed E-state index contributed by atoms with van der Waals surface area (Å²) in [6.07, 6.45) is -2.28. The van der Waals surface area contributed by atoms with E-state index in [-0.39, 0.29) is 37.0 Å². The Morgan fingerprint density at radius 3 is 2.46 bits per heavy atom. The number of nitrogens with zero attached hydrogens (tertiary/aromatic N) is 1. The molecule has 10 nitrogen and oxygen atoms in total. The van der Waals surface area contributed by atoms with E-state index >= 15 is 0 Å². The molecule has 3 fully saturated rings. The highest BCUT2D eigenvalue weighted by molar-refractivity contribution is 8.00. The lowest BCUT2D eigenvalue weighted by molar-refractivity contribution is -0.147. The van der Waals surface area contributed by atoms with Crippen LogP contribution in [0, 0.1) is 5.92 Å². The van der Waals surface area contributed by atoms with Gasteiger partial charge in [-0.15, -0.1) is 11.8 Å². The van der Waals surface area contributed by atoms with Gasteiger partial charge in [-0.05, 0) is 37.8 Å². The topological polar surface area (TPSA) is 126 Å². The Labute approximate surface area is 244 Å². The maximum absolute atomic E-state index is 13.8. The van der Waals surface area contributed by atoms with E-state index in [4.69, 9.17) is 14.2 Å². The normalized spacial score (nSPS) is 26.2. The first kappa shape index (κ1) is 29.4. The molecule has 0 aromatic heterocycles. The molecular formula is C30H37N3O7S. The minimum Gasteiger partial charge on any atom is -0.443 e. The Morgan fingerprint density at radius 2 is 1.76 bits per heavy atom. The van der Waals surface area contributed by atoms with Crippen LogP contribution in [-0.2, 0) is 36.8 Å². The number of amides is 3. The first-order valence-electron chi connectivity index (χ1n) is 13.9. The Balaban J connectivity index is 1.29. The Kier molecular flexibility index (Phi) is 9.18. The van der Waals surface area contributed by atoms with Crippen molar-refractivity contribution in [2.45, 2.75) is 68.6 Å². The third-order valence-corrected chi connectivity index (χ3v) is 9.24. The van der Waals surface area contributed by atoms with Crippen molar-refractivity contribution in [2.24, 2.45) is 5.92 Å². The summed E-state index contributed by atoms with van der Waals surface area (Å²) in [4.78, 5) is 41.6. The van der Waals surface area contributed by atoms with Crippen LogP contribution in [0.25, 0.3) is 0 Å². The molecule has 220 valence electrons. The van der Waals surface area contributed by atoms with Gasteiger partial charge >= 0.3 is 6.09 Å². The maximum Gasteiger partial charge on any atom is 0.407 e. The van der Waals surface area contributed by atoms with Gasteiger partial charge in [-0.25, -0.2) is 4.79 Å². The van der Waals surface area contributed by atoms with E-state index in [2.05, 4.69) is 10.6 Å². The Hall–Kier alpha value is -3.12. The van der Waals surface area contributed by atoms with Crippen LogP contribution in [0.1, 0.15) is 31.4 Å². The number of aliphatic hydroxyl groups is 1. The number of thioether (sulfide) groups is 1. The lowest BCUT2D eigenvalue weighted by atomic mass is 9.97. The van der Waals surface area contributed by atoms with Crippen LogP contribution in [-0.4, -0.2) is 82.3 Å². The minimum absolute atomic E-state index is 0.0427. The maximum atomic E-state index is 13.8. The second-order valence-electron chi connectivity index (χ2n) is 11.1. The fourth-order valence-corrected chi connectivity index (χ4v) is 6.76. The number of fused-ring (bicyclic) bond motifs is 1. The fourth-order valence-electron chi connectivity index (χ4n) is 5.62. The summed E-state index contributed by atoms with van der Waals surface area (Å²) in [5.74, 6) is -0.737. The van der Waals surface area contributed by atoms with Gasteiger partial charge in [0.2, 0.25) is 5.91 Å². The highest BCUT2D eigenvalue weighted by atomic mass is 32.2. The van der Waals surface area contributed by atoms with Gasteiger partial charge in [0.15, 0.2) is 12.4 Å². The second kappa shape index (κ2) is 12.8. The molecule has 3 N–H and O–H groups in total. The zero-order chi connectivity index (χ0) is 29.0. The molecule has 3 amide bonds. The first-order chi connectivity index (χ1) is 19.7. The molecule has 11 heteroatoms. The van der Waals surface area contributed by atoms with Crippen molar-refractivity contribution in [3.8, 4) is 0 Å². The third-order valence-electron chi connectivity index (χ3n) is 7.87. The largest absolute Gasteiger partial charge is 0.443 e. The lowest BCUT2D eigenvalue weighted by Crippen LogP contribution is -2.58. The number of rotatable bonds is 9. The molecule has 6 atom stereocenters. The van der Waals surface area contributed by atoms with Gasteiger partial charge in [0.1, 0.15) is 12.1 Å². The number of carbonyl (C=O) groups is 3. The quantitative estimate of drug-likeness (QED) is 0.411. The summed E-state index contributed by atoms with van der Waals surface area (Å²) in [6, 6.07) is 17.0. The van der Waals surface area contributed by atoms with E-state index in [0.29, 0.717) is 13.2 Å². The number of alkyl carbamates (subject to hydrolysis) is 1. The zero-order valence-electron chi connectivity index (χ0n) is 23.2. The molecule has 2 aromatic carbocycles. The average molecular weight is 584 g/mol. The summed E-state index contributed by atoms with van der Waals surface area (Å²) < 4.78 is 16.1. The van der Waals surface area contributed by atoms with Gasteiger partial charge in [-0.3, -0.25) is 9.59 Å². The van der Waals surface area contributed by atoms with Crippen LogP contribution in [0.5, 0.6) is 0 Å². The molecule has 3 aliphatic rings. The number of ether oxygens (including phenoxy) is 3. The molecule has 0 spiro atoms. The van der Waals surface area contributed by atoms with Crippen molar-refractivity contribution in [3.05, 3.63) is 71.8 Å². The summed E-state index contributed by atoms with van der Waals surface area (Å²) in [6.45, 7) is 4.91. The predicted molar refractivity (Wildman–Crippen MR) is 153 cm³/mol. The number of nitrogens with one attached hydrogen (secondary N) is 2. The van der Waals surface area contributed by atoms with Gasteiger partial charge in [0, 0.05) is 11.3 Å². The van der Waals surface area contributed by atoms with Crippen molar-refractivity contribution in [3.63, 3.8) is 0 Å². The molecule has 2 aromatic rings. The molecule has 3 saturated heterocycles. The number of aliphatic hydroxyl groups excluding tert-OH is 1. The van der Waals surface area contributed by atoms with Crippen LogP contribution >= 0.6 is 11.8 Å². The van der Waals surface area contributed by atoms with Crippen molar-refractivity contribution >= 4 is 29.7 Å². The molecule has 0 unspecified atom stereocenters. The summed E-state index contributed by atoms with van der Waals surface area (Å²) >= 11 is 1.47. The molecule has 0 aliphatic carbocycles. The first-order valence-corrected chi connectivity index (χ1v) is 14.9. The average Bonchev–Trinajstić information content (AvgIpc) is 3.67. The Morgan fingerprint density at radius 1 is 1.07 bits per heavy atom. The van der Waals surface area contributed by atoms with E-state index in [9.17, 15) is 19.5 Å². The van der Waals surface area contributed by atoms with Gasteiger partial charge in [0.25, 0.3) is 5.91 Å². The van der Waals surface area contributed by atoms with Crippen molar-refractivity contribution < 1.29 is 33.7 Å². The highest BCUT2D eigenvalue weighted by Gasteiger charge is 2.50. The predicted octanol–water partition coefficient (Wildman–Crippen LogP) is 2.44. The third kappa shape index (κ3) is 6.86. The van der Waals surface area contributed by atoms with Crippen LogP contribution in [0.4, 0.5) is 4.79 Å². The minimum atomic E-state index is -1.61. The zero-order valence-corrected chi connectivity index (χ0v) is 24.0. The van der Waals surface area contributed by atoms with Gasteiger partial charge in [-0.1, -0.05) is 60.7 Å². The van der Waals surface area contributed by atoms with Crippen LogP contribution < -0.4 is 10.6 Å². The fraction of sp³-hybridized carbons (Fsp3) is 0.500. The molecule has 0 radical (unpaired) electrons.